The fourth-order valence-corrected chi connectivity index (χ4v) is 3.80. The van der Waals surface area contributed by atoms with Crippen LogP contribution in [0.25, 0.3) is 10.4 Å². The van der Waals surface area contributed by atoms with Gasteiger partial charge >= 0.3 is 5.97 Å². The average Bonchev–Trinajstić information content (AvgIpc) is 3.07. The Balaban J connectivity index is 2.32. The third-order valence-corrected chi connectivity index (χ3v) is 5.36. The zero-order chi connectivity index (χ0) is 19.1. The van der Waals surface area contributed by atoms with E-state index in [4.69, 9.17) is 4.74 Å². The van der Waals surface area contributed by atoms with Crippen LogP contribution < -0.4 is 5.32 Å². The second kappa shape index (κ2) is 9.50. The summed E-state index contributed by atoms with van der Waals surface area (Å²) in [6.45, 7) is 9.55. The Morgan fingerprint density at radius 3 is 2.38 bits per heavy atom. The Hall–Kier alpha value is -2.18. The van der Waals surface area contributed by atoms with Gasteiger partial charge in [0, 0.05) is 4.88 Å². The van der Waals surface area contributed by atoms with E-state index < -0.39 is 5.97 Å². The van der Waals surface area contributed by atoms with E-state index in [0.717, 1.165) is 23.5 Å². The molecule has 0 bridgehead atoms. The van der Waals surface area contributed by atoms with Gasteiger partial charge in [0.15, 0.2) is 0 Å². The summed E-state index contributed by atoms with van der Waals surface area (Å²) in [5.41, 5.74) is 1.40. The lowest BCUT2D eigenvalue weighted by atomic mass is 10.1. The average molecular weight is 375 g/mol. The molecule has 0 saturated heterocycles. The van der Waals surface area contributed by atoms with Gasteiger partial charge in [-0.3, -0.25) is 9.69 Å². The largest absolute Gasteiger partial charge is 0.462 e. The summed E-state index contributed by atoms with van der Waals surface area (Å²) in [6.07, 6.45) is 0. The minimum Gasteiger partial charge on any atom is -0.462 e. The predicted octanol–water partition coefficient (Wildman–Crippen LogP) is 4.26. The molecule has 1 atom stereocenters. The van der Waals surface area contributed by atoms with Gasteiger partial charge < -0.3 is 10.1 Å². The van der Waals surface area contributed by atoms with Crippen molar-refractivity contribution in [2.24, 2.45) is 0 Å². The third-order valence-electron chi connectivity index (χ3n) is 4.26. The molecule has 26 heavy (non-hydrogen) atoms. The Morgan fingerprint density at radius 1 is 1.15 bits per heavy atom. The van der Waals surface area contributed by atoms with Gasteiger partial charge in [-0.2, -0.15) is 0 Å². The van der Waals surface area contributed by atoms with Crippen molar-refractivity contribution in [3.8, 4) is 10.4 Å². The summed E-state index contributed by atoms with van der Waals surface area (Å²) in [7, 11) is 0. The predicted molar refractivity (Wildman–Crippen MR) is 107 cm³/mol. The number of esters is 1. The molecule has 0 aliphatic heterocycles. The maximum atomic E-state index is 12.7. The van der Waals surface area contributed by atoms with E-state index in [-0.39, 0.29) is 11.9 Å². The van der Waals surface area contributed by atoms with Crippen LogP contribution in [0, 0.1) is 0 Å². The molecule has 1 heterocycles. The van der Waals surface area contributed by atoms with Gasteiger partial charge in [-0.05, 0) is 38.6 Å². The summed E-state index contributed by atoms with van der Waals surface area (Å²) < 4.78 is 5.16. The molecule has 0 saturated carbocycles. The van der Waals surface area contributed by atoms with Crippen LogP contribution in [0.3, 0.4) is 0 Å². The fourth-order valence-electron chi connectivity index (χ4n) is 2.74. The van der Waals surface area contributed by atoms with Crippen molar-refractivity contribution >= 4 is 28.2 Å². The minimum atomic E-state index is -0.420. The number of carbonyl (C=O) groups excluding carboxylic acids is 2. The Labute approximate surface area is 159 Å². The highest BCUT2D eigenvalue weighted by molar-refractivity contribution is 7.20. The molecule has 2 rings (SSSR count). The maximum absolute atomic E-state index is 12.7. The number of nitrogens with zero attached hydrogens (tertiary/aromatic N) is 1. The van der Waals surface area contributed by atoms with E-state index in [1.165, 1.54) is 11.3 Å². The third kappa shape index (κ3) is 4.71. The Kier molecular flexibility index (Phi) is 7.36. The summed E-state index contributed by atoms with van der Waals surface area (Å²) in [5, 5.41) is 3.46. The molecule has 140 valence electrons. The number of ether oxygens (including phenoxy) is 1. The van der Waals surface area contributed by atoms with Crippen molar-refractivity contribution in [1.29, 1.82) is 0 Å². The zero-order valence-electron chi connectivity index (χ0n) is 15.7. The van der Waals surface area contributed by atoms with Crippen molar-refractivity contribution in [2.75, 3.05) is 25.0 Å². The SMILES string of the molecule is CCOC(=O)c1cc(-c2ccccc2)sc1NC(=O)[C@H](C)N(CC)CC. The molecule has 0 unspecified atom stereocenters. The normalized spacial score (nSPS) is 12.0. The van der Waals surface area contributed by atoms with E-state index in [2.05, 4.69) is 10.2 Å². The molecule has 1 amide bonds. The lowest BCUT2D eigenvalue weighted by Gasteiger charge is -2.25. The quantitative estimate of drug-likeness (QED) is 0.702. The molecule has 1 aromatic heterocycles. The fraction of sp³-hybridized carbons (Fsp3) is 0.400. The highest BCUT2D eigenvalue weighted by Crippen LogP contribution is 2.36. The standard InChI is InChI=1S/C20H26N2O3S/c1-5-22(6-2)14(4)18(23)21-19-16(20(24)25-7-3)13-17(26-19)15-11-9-8-10-12-15/h8-14H,5-7H2,1-4H3,(H,21,23)/t14-/m0/s1. The topological polar surface area (TPSA) is 58.6 Å². The number of rotatable bonds is 8. The second-order valence-corrected chi connectivity index (χ2v) is 6.88. The van der Waals surface area contributed by atoms with Crippen molar-refractivity contribution in [2.45, 2.75) is 33.7 Å². The second-order valence-electron chi connectivity index (χ2n) is 5.83. The summed E-state index contributed by atoms with van der Waals surface area (Å²) in [6, 6.07) is 11.3. The van der Waals surface area contributed by atoms with E-state index in [0.29, 0.717) is 17.2 Å². The first-order valence-electron chi connectivity index (χ1n) is 8.93. The molecule has 2 aromatic rings. The van der Waals surface area contributed by atoms with Gasteiger partial charge in [0.1, 0.15) is 5.00 Å². The first kappa shape index (κ1) is 20.1. The molecule has 0 fully saturated rings. The minimum absolute atomic E-state index is 0.124. The molecule has 5 nitrogen and oxygen atoms in total. The van der Waals surface area contributed by atoms with E-state index >= 15 is 0 Å². The van der Waals surface area contributed by atoms with E-state index in [9.17, 15) is 9.59 Å². The Morgan fingerprint density at radius 2 is 1.81 bits per heavy atom. The molecule has 0 aliphatic rings. The molecule has 1 aromatic carbocycles. The molecule has 1 N–H and O–H groups in total. The number of nitrogens with one attached hydrogen (secondary N) is 1. The number of amides is 1. The van der Waals surface area contributed by atoms with Gasteiger partial charge in [-0.1, -0.05) is 44.2 Å². The van der Waals surface area contributed by atoms with E-state index in [1.807, 2.05) is 51.1 Å². The molecule has 0 spiro atoms. The molecular weight excluding hydrogens is 348 g/mol. The van der Waals surface area contributed by atoms with Crippen molar-refractivity contribution in [1.82, 2.24) is 4.90 Å². The van der Waals surface area contributed by atoms with Crippen LogP contribution in [0.1, 0.15) is 38.1 Å². The van der Waals surface area contributed by atoms with Crippen molar-refractivity contribution in [3.63, 3.8) is 0 Å². The van der Waals surface area contributed by atoms with Crippen LogP contribution in [0.2, 0.25) is 0 Å². The van der Waals surface area contributed by atoms with Gasteiger partial charge in [0.05, 0.1) is 18.2 Å². The molecule has 6 heteroatoms. The Bertz CT molecular complexity index is 739. The molecular formula is C20H26N2O3S. The highest BCUT2D eigenvalue weighted by Gasteiger charge is 2.24. The monoisotopic (exact) mass is 374 g/mol. The molecule has 0 radical (unpaired) electrons. The number of hydrogen-bond acceptors (Lipinski definition) is 5. The zero-order valence-corrected chi connectivity index (χ0v) is 16.6. The van der Waals surface area contributed by atoms with E-state index in [1.54, 1.807) is 13.0 Å². The van der Waals surface area contributed by atoms with Gasteiger partial charge in [0.2, 0.25) is 5.91 Å². The summed E-state index contributed by atoms with van der Waals surface area (Å²) in [4.78, 5) is 28.0. The van der Waals surface area contributed by atoms with Crippen LogP contribution >= 0.6 is 11.3 Å². The first-order valence-corrected chi connectivity index (χ1v) is 9.74. The van der Waals surface area contributed by atoms with Gasteiger partial charge in [0.25, 0.3) is 0 Å². The number of carbonyl (C=O) groups is 2. The number of benzene rings is 1. The van der Waals surface area contributed by atoms with Crippen LogP contribution in [-0.2, 0) is 9.53 Å². The van der Waals surface area contributed by atoms with Crippen molar-refractivity contribution in [3.05, 3.63) is 42.0 Å². The first-order chi connectivity index (χ1) is 12.5. The smallest absolute Gasteiger partial charge is 0.341 e. The van der Waals surface area contributed by atoms with Crippen LogP contribution in [0.4, 0.5) is 5.00 Å². The lowest BCUT2D eigenvalue weighted by molar-refractivity contribution is -0.120. The summed E-state index contributed by atoms with van der Waals surface area (Å²) in [5.74, 6) is -0.544. The van der Waals surface area contributed by atoms with Crippen LogP contribution in [0.15, 0.2) is 36.4 Å². The van der Waals surface area contributed by atoms with Crippen LogP contribution in [-0.4, -0.2) is 42.5 Å². The number of hydrogen-bond donors (Lipinski definition) is 1. The lowest BCUT2D eigenvalue weighted by Crippen LogP contribution is -2.41. The van der Waals surface area contributed by atoms with Gasteiger partial charge in [-0.25, -0.2) is 4.79 Å². The highest BCUT2D eigenvalue weighted by atomic mass is 32.1. The number of likely N-dealkylation sites (N-methyl/N-ethyl adjacent to an activating group) is 1. The summed E-state index contributed by atoms with van der Waals surface area (Å²) >= 11 is 1.39. The van der Waals surface area contributed by atoms with Gasteiger partial charge in [-0.15, -0.1) is 11.3 Å². The van der Waals surface area contributed by atoms with Crippen molar-refractivity contribution < 1.29 is 14.3 Å². The number of thiophene rings is 1. The molecule has 0 aliphatic carbocycles. The van der Waals surface area contributed by atoms with Crippen LogP contribution in [0.5, 0.6) is 0 Å². The maximum Gasteiger partial charge on any atom is 0.341 e. The number of anilines is 1.